The molecule has 0 aliphatic heterocycles. The van der Waals surface area contributed by atoms with E-state index in [0.29, 0.717) is 0 Å². The van der Waals surface area contributed by atoms with E-state index < -0.39 is 16.9 Å². The molecule has 2 N–H and O–H groups in total. The Morgan fingerprint density at radius 3 is 2.12 bits per heavy atom. The Morgan fingerprint density at radius 1 is 1.75 bits per heavy atom. The van der Waals surface area contributed by atoms with E-state index in [9.17, 15) is 4.79 Å². The average Bonchev–Trinajstić information content (AvgIpc) is 1.64. The number of rotatable bonds is 2. The summed E-state index contributed by atoms with van der Waals surface area (Å²) >= 11 is 2.76. The number of carbonyl (C=O) groups is 1. The molecule has 0 aliphatic carbocycles. The van der Waals surface area contributed by atoms with Crippen LogP contribution in [0.25, 0.3) is 0 Å². The van der Waals surface area contributed by atoms with Crippen molar-refractivity contribution in [2.24, 2.45) is 0 Å². The Balaban J connectivity index is 3.64. The third kappa shape index (κ3) is 2.28. The first-order valence-electron chi connectivity index (χ1n) is 2.10. The molecule has 0 amide bonds. The van der Waals surface area contributed by atoms with Gasteiger partial charge >= 0.3 is 5.97 Å². The fraction of sp³-hybridized carbons (Fsp3) is 0.750. The lowest BCUT2D eigenvalue weighted by atomic mass is 10.3. The molecule has 0 unspecified atom stereocenters. The van der Waals surface area contributed by atoms with Gasteiger partial charge in [0.25, 0.3) is 0 Å². The number of halogens is 1. The normalized spacial score (nSPS) is 17.4. The molecule has 3 nitrogen and oxygen atoms in total. The minimum atomic E-state index is -1.04. The summed E-state index contributed by atoms with van der Waals surface area (Å²) < 4.78 is 0. The molecule has 4 heteroatoms. The van der Waals surface area contributed by atoms with Gasteiger partial charge in [-0.05, 0) is 6.92 Å². The third-order valence-corrected chi connectivity index (χ3v) is 1.82. The Hall–Kier alpha value is -0.0900. The summed E-state index contributed by atoms with van der Waals surface area (Å²) in [6, 6.07) is 0. The molecule has 0 radical (unpaired) electrons. The van der Waals surface area contributed by atoms with Crippen LogP contribution in [0.1, 0.15) is 6.92 Å². The van der Waals surface area contributed by atoms with E-state index >= 15 is 0 Å². The van der Waals surface area contributed by atoms with E-state index in [2.05, 4.69) is 15.9 Å². The second kappa shape index (κ2) is 3.04. The second-order valence-electron chi connectivity index (χ2n) is 1.48. The zero-order valence-corrected chi connectivity index (χ0v) is 5.92. The Morgan fingerprint density at radius 2 is 2.12 bits per heavy atom. The molecule has 0 bridgehead atoms. The lowest BCUT2D eigenvalue weighted by molar-refractivity contribution is -0.137. The van der Waals surface area contributed by atoms with E-state index in [4.69, 9.17) is 10.2 Å². The fourth-order valence-electron chi connectivity index (χ4n) is 0.206. The van der Waals surface area contributed by atoms with Crippen molar-refractivity contribution in [3.63, 3.8) is 0 Å². The maximum Gasteiger partial charge on any atom is 0.319 e. The summed E-state index contributed by atoms with van der Waals surface area (Å²) in [7, 11) is 0. The van der Waals surface area contributed by atoms with E-state index in [0.717, 1.165) is 0 Å². The molecular weight excluding hydrogens is 176 g/mol. The topological polar surface area (TPSA) is 57.5 Å². The van der Waals surface area contributed by atoms with Crippen molar-refractivity contribution in [3.8, 4) is 0 Å². The number of aliphatic hydroxyl groups excluding tert-OH is 1. The average molecular weight is 183 g/mol. The number of carboxylic acids is 1. The highest BCUT2D eigenvalue weighted by molar-refractivity contribution is 9.10. The number of carboxylic acid groups (broad SMARTS) is 1. The van der Waals surface area contributed by atoms with Crippen LogP contribution in [0.2, 0.25) is 0 Å². The van der Waals surface area contributed by atoms with Crippen molar-refractivity contribution in [1.82, 2.24) is 0 Å². The standard InChI is InChI=1S/C4H7BrO3/c1-2(6)3(5)4(7)8/h2-3,6H,1H3,(H,7,8)/t2-,3-/m1/s1. The van der Waals surface area contributed by atoms with Crippen molar-refractivity contribution in [2.45, 2.75) is 17.9 Å². The highest BCUT2D eigenvalue weighted by atomic mass is 79.9. The molecule has 0 saturated heterocycles. The molecule has 0 rings (SSSR count). The first kappa shape index (κ1) is 7.91. The number of aliphatic carboxylic acids is 1. The first-order chi connectivity index (χ1) is 3.55. The summed E-state index contributed by atoms with van der Waals surface area (Å²) in [5.74, 6) is -1.04. The van der Waals surface area contributed by atoms with Gasteiger partial charge in [-0.25, -0.2) is 0 Å². The van der Waals surface area contributed by atoms with Crippen LogP contribution in [0.15, 0.2) is 0 Å². The Kier molecular flexibility index (Phi) is 3.01. The molecule has 0 aromatic carbocycles. The molecule has 0 aliphatic rings. The minimum absolute atomic E-state index is 0.840. The molecule has 8 heavy (non-hydrogen) atoms. The smallest absolute Gasteiger partial charge is 0.319 e. The first-order valence-corrected chi connectivity index (χ1v) is 3.02. The number of hydrogen-bond donors (Lipinski definition) is 2. The summed E-state index contributed by atoms with van der Waals surface area (Å²) in [5, 5.41) is 16.7. The van der Waals surface area contributed by atoms with Gasteiger partial charge in [-0.15, -0.1) is 0 Å². The van der Waals surface area contributed by atoms with Crippen LogP contribution in [-0.2, 0) is 4.79 Å². The molecule has 0 spiro atoms. The number of aliphatic hydroxyl groups is 1. The minimum Gasteiger partial charge on any atom is -0.480 e. The van der Waals surface area contributed by atoms with Crippen molar-refractivity contribution >= 4 is 21.9 Å². The lowest BCUT2D eigenvalue weighted by Crippen LogP contribution is -2.25. The molecule has 0 aromatic rings. The lowest BCUT2D eigenvalue weighted by Gasteiger charge is -2.04. The van der Waals surface area contributed by atoms with E-state index in [1.54, 1.807) is 0 Å². The van der Waals surface area contributed by atoms with Crippen LogP contribution in [0.4, 0.5) is 0 Å². The predicted octanol–water partition coefficient (Wildman–Crippen LogP) is 0.215. The largest absolute Gasteiger partial charge is 0.480 e. The summed E-state index contributed by atoms with van der Waals surface area (Å²) in [6.07, 6.45) is -0.840. The van der Waals surface area contributed by atoms with Gasteiger partial charge in [0.05, 0.1) is 6.10 Å². The van der Waals surface area contributed by atoms with Gasteiger partial charge in [0, 0.05) is 0 Å². The molecule has 2 atom stereocenters. The Labute approximate surface area is 55.5 Å². The number of alkyl halides is 1. The molecule has 0 fully saturated rings. The molecular formula is C4H7BrO3. The van der Waals surface area contributed by atoms with Crippen LogP contribution in [0.5, 0.6) is 0 Å². The van der Waals surface area contributed by atoms with Gasteiger partial charge in [0.15, 0.2) is 0 Å². The maximum atomic E-state index is 9.93. The third-order valence-electron chi connectivity index (χ3n) is 0.659. The van der Waals surface area contributed by atoms with Crippen LogP contribution < -0.4 is 0 Å². The van der Waals surface area contributed by atoms with Crippen molar-refractivity contribution in [1.29, 1.82) is 0 Å². The van der Waals surface area contributed by atoms with Crippen LogP contribution >= 0.6 is 15.9 Å². The number of hydrogen-bond acceptors (Lipinski definition) is 2. The van der Waals surface area contributed by atoms with Gasteiger partial charge in [0.2, 0.25) is 0 Å². The zero-order chi connectivity index (χ0) is 6.73. The molecule has 0 aromatic heterocycles. The molecule has 0 heterocycles. The quantitative estimate of drug-likeness (QED) is 0.601. The maximum absolute atomic E-state index is 9.93. The van der Waals surface area contributed by atoms with Gasteiger partial charge in [-0.2, -0.15) is 0 Å². The highest BCUT2D eigenvalue weighted by Gasteiger charge is 2.17. The van der Waals surface area contributed by atoms with Crippen LogP contribution in [-0.4, -0.2) is 27.1 Å². The van der Waals surface area contributed by atoms with Gasteiger partial charge in [-0.1, -0.05) is 15.9 Å². The molecule has 0 saturated carbocycles. The zero-order valence-electron chi connectivity index (χ0n) is 4.34. The monoisotopic (exact) mass is 182 g/mol. The van der Waals surface area contributed by atoms with Crippen LogP contribution in [0.3, 0.4) is 0 Å². The van der Waals surface area contributed by atoms with Crippen molar-refractivity contribution < 1.29 is 15.0 Å². The highest BCUT2D eigenvalue weighted by Crippen LogP contribution is 2.03. The van der Waals surface area contributed by atoms with Crippen LogP contribution in [0, 0.1) is 0 Å². The predicted molar refractivity (Wildman–Crippen MR) is 32.0 cm³/mol. The van der Waals surface area contributed by atoms with E-state index in [1.165, 1.54) is 6.92 Å². The summed E-state index contributed by atoms with van der Waals surface area (Å²) in [6.45, 7) is 1.41. The van der Waals surface area contributed by atoms with Gasteiger partial charge < -0.3 is 10.2 Å². The summed E-state index contributed by atoms with van der Waals surface area (Å²) in [5.41, 5.74) is 0. The SMILES string of the molecule is C[C@@H](O)[C@@H](Br)C(=O)O. The second-order valence-corrected chi connectivity index (χ2v) is 2.47. The molecule has 48 valence electrons. The van der Waals surface area contributed by atoms with Crippen molar-refractivity contribution in [2.75, 3.05) is 0 Å². The van der Waals surface area contributed by atoms with E-state index in [-0.39, 0.29) is 0 Å². The van der Waals surface area contributed by atoms with Crippen molar-refractivity contribution in [3.05, 3.63) is 0 Å². The fourth-order valence-corrected chi connectivity index (χ4v) is 0.206. The van der Waals surface area contributed by atoms with Gasteiger partial charge in [0.1, 0.15) is 4.83 Å². The Bertz CT molecular complexity index is 91.3. The summed E-state index contributed by atoms with van der Waals surface area (Å²) in [4.78, 5) is 9.09. The van der Waals surface area contributed by atoms with Gasteiger partial charge in [-0.3, -0.25) is 4.79 Å². The van der Waals surface area contributed by atoms with E-state index in [1.807, 2.05) is 0 Å².